The van der Waals surface area contributed by atoms with Crippen molar-refractivity contribution in [1.82, 2.24) is 5.32 Å². The van der Waals surface area contributed by atoms with Crippen molar-refractivity contribution >= 4 is 5.97 Å². The molecule has 19 heavy (non-hydrogen) atoms. The third kappa shape index (κ3) is 4.06. The summed E-state index contributed by atoms with van der Waals surface area (Å²) >= 11 is 0. The van der Waals surface area contributed by atoms with Crippen LogP contribution in [0.2, 0.25) is 0 Å². The van der Waals surface area contributed by atoms with Crippen LogP contribution in [0.4, 0.5) is 0 Å². The maximum absolute atomic E-state index is 11.1. The summed E-state index contributed by atoms with van der Waals surface area (Å²) in [5.41, 5.74) is 1.82. The Bertz CT molecular complexity index is 450. The molecule has 0 aliphatic rings. The van der Waals surface area contributed by atoms with Gasteiger partial charge < -0.3 is 10.4 Å². The second kappa shape index (κ2) is 5.74. The Morgan fingerprint density at radius 3 is 2.26 bits per heavy atom. The van der Waals surface area contributed by atoms with Gasteiger partial charge in [0.2, 0.25) is 0 Å². The van der Waals surface area contributed by atoms with E-state index in [9.17, 15) is 4.79 Å². The highest BCUT2D eigenvalue weighted by Crippen LogP contribution is 2.25. The van der Waals surface area contributed by atoms with Crippen molar-refractivity contribution in [2.45, 2.75) is 40.0 Å². The molecule has 3 nitrogen and oxygen atoms in total. The second-order valence-corrected chi connectivity index (χ2v) is 6.49. The Morgan fingerprint density at radius 1 is 1.16 bits per heavy atom. The van der Waals surface area contributed by atoms with E-state index in [1.807, 2.05) is 12.1 Å². The van der Waals surface area contributed by atoms with Crippen LogP contribution in [-0.4, -0.2) is 24.2 Å². The molecule has 2 N–H and O–H groups in total. The molecule has 0 spiro atoms. The molecule has 0 bridgehead atoms. The van der Waals surface area contributed by atoms with Crippen LogP contribution >= 0.6 is 0 Å². The molecular formula is C16H25NO2. The molecular weight excluding hydrogens is 238 g/mol. The van der Waals surface area contributed by atoms with E-state index in [1.165, 1.54) is 11.1 Å². The molecule has 0 saturated heterocycles. The molecule has 0 heterocycles. The number of carboxylic acids is 1. The van der Waals surface area contributed by atoms with Gasteiger partial charge in [0, 0.05) is 18.5 Å². The molecule has 0 radical (unpaired) electrons. The molecule has 0 aliphatic carbocycles. The molecule has 0 saturated carbocycles. The Kier molecular flexibility index (Phi) is 4.75. The number of rotatable bonds is 6. The quantitative estimate of drug-likeness (QED) is 0.829. The lowest BCUT2D eigenvalue weighted by Gasteiger charge is -2.29. The summed E-state index contributed by atoms with van der Waals surface area (Å²) in [6.45, 7) is 11.2. The first-order valence-corrected chi connectivity index (χ1v) is 6.67. The molecule has 0 atom stereocenters. The van der Waals surface area contributed by atoms with E-state index in [1.54, 1.807) is 13.8 Å². The highest BCUT2D eigenvalue weighted by molar-refractivity contribution is 5.73. The summed E-state index contributed by atoms with van der Waals surface area (Å²) in [5, 5.41) is 12.4. The van der Waals surface area contributed by atoms with Gasteiger partial charge in [0.1, 0.15) is 0 Å². The van der Waals surface area contributed by atoms with Gasteiger partial charge >= 0.3 is 5.97 Å². The third-order valence-corrected chi connectivity index (χ3v) is 3.59. The van der Waals surface area contributed by atoms with Crippen molar-refractivity contribution in [1.29, 1.82) is 0 Å². The van der Waals surface area contributed by atoms with Gasteiger partial charge in [-0.25, -0.2) is 0 Å². The standard InChI is InChI=1S/C16H25NO2/c1-12-8-6-7-9-13(12)15(2,3)10-17-11-16(4,5)14(18)19/h6-9,17H,10-11H2,1-5H3,(H,18,19). The van der Waals surface area contributed by atoms with Crippen molar-refractivity contribution < 1.29 is 9.90 Å². The van der Waals surface area contributed by atoms with E-state index in [4.69, 9.17) is 5.11 Å². The largest absolute Gasteiger partial charge is 0.481 e. The summed E-state index contributed by atoms with van der Waals surface area (Å²) in [6, 6.07) is 8.33. The topological polar surface area (TPSA) is 49.3 Å². The number of hydrogen-bond donors (Lipinski definition) is 2. The average Bonchev–Trinajstić information content (AvgIpc) is 2.28. The number of aliphatic carboxylic acids is 1. The van der Waals surface area contributed by atoms with Gasteiger partial charge in [-0.3, -0.25) is 4.79 Å². The van der Waals surface area contributed by atoms with E-state index < -0.39 is 11.4 Å². The fourth-order valence-corrected chi connectivity index (χ4v) is 2.19. The van der Waals surface area contributed by atoms with E-state index in [0.717, 1.165) is 6.54 Å². The summed E-state index contributed by atoms with van der Waals surface area (Å²) in [5.74, 6) is -0.770. The second-order valence-electron chi connectivity index (χ2n) is 6.49. The fraction of sp³-hybridized carbons (Fsp3) is 0.562. The molecule has 0 amide bonds. The number of hydrogen-bond acceptors (Lipinski definition) is 2. The first kappa shape index (κ1) is 15.7. The van der Waals surface area contributed by atoms with Crippen LogP contribution in [0, 0.1) is 12.3 Å². The van der Waals surface area contributed by atoms with Crippen molar-refractivity contribution in [3.63, 3.8) is 0 Å². The lowest BCUT2D eigenvalue weighted by molar-refractivity contribution is -0.146. The molecule has 1 aromatic rings. The fourth-order valence-electron chi connectivity index (χ4n) is 2.19. The molecule has 0 unspecified atom stereocenters. The Hall–Kier alpha value is -1.35. The minimum Gasteiger partial charge on any atom is -0.481 e. The van der Waals surface area contributed by atoms with Crippen molar-refractivity contribution in [3.8, 4) is 0 Å². The number of carboxylic acid groups (broad SMARTS) is 1. The number of carbonyl (C=O) groups is 1. The highest BCUT2D eigenvalue weighted by atomic mass is 16.4. The SMILES string of the molecule is Cc1ccccc1C(C)(C)CNCC(C)(C)C(=O)O. The van der Waals surface area contributed by atoms with Crippen LogP contribution in [-0.2, 0) is 10.2 Å². The normalized spacial score (nSPS) is 12.5. The van der Waals surface area contributed by atoms with Crippen molar-refractivity contribution in [3.05, 3.63) is 35.4 Å². The van der Waals surface area contributed by atoms with Crippen LogP contribution in [0.3, 0.4) is 0 Å². The Morgan fingerprint density at radius 2 is 1.74 bits per heavy atom. The minimum absolute atomic E-state index is 0.0140. The van der Waals surface area contributed by atoms with Gasteiger partial charge in [0.15, 0.2) is 0 Å². The van der Waals surface area contributed by atoms with Crippen LogP contribution in [0.1, 0.15) is 38.8 Å². The van der Waals surface area contributed by atoms with Gasteiger partial charge in [-0.2, -0.15) is 0 Å². The van der Waals surface area contributed by atoms with Gasteiger partial charge in [-0.1, -0.05) is 38.1 Å². The first-order chi connectivity index (χ1) is 8.67. The summed E-state index contributed by atoms with van der Waals surface area (Å²) in [7, 11) is 0. The van der Waals surface area contributed by atoms with Gasteiger partial charge in [0.25, 0.3) is 0 Å². The maximum atomic E-state index is 11.1. The van der Waals surface area contributed by atoms with Crippen LogP contribution in [0.25, 0.3) is 0 Å². The van der Waals surface area contributed by atoms with E-state index >= 15 is 0 Å². The summed E-state index contributed by atoms with van der Waals surface area (Å²) < 4.78 is 0. The lowest BCUT2D eigenvalue weighted by atomic mass is 9.81. The molecule has 3 heteroatoms. The Balaban J connectivity index is 2.67. The number of nitrogens with one attached hydrogen (secondary N) is 1. The van der Waals surface area contributed by atoms with Crippen LogP contribution < -0.4 is 5.32 Å². The third-order valence-electron chi connectivity index (χ3n) is 3.59. The minimum atomic E-state index is -0.770. The average molecular weight is 263 g/mol. The molecule has 0 aliphatic heterocycles. The zero-order chi connectivity index (χ0) is 14.7. The summed E-state index contributed by atoms with van der Waals surface area (Å²) in [4.78, 5) is 11.1. The highest BCUT2D eigenvalue weighted by Gasteiger charge is 2.28. The van der Waals surface area contributed by atoms with Gasteiger partial charge in [-0.15, -0.1) is 0 Å². The lowest BCUT2D eigenvalue weighted by Crippen LogP contribution is -2.41. The predicted octanol–water partition coefficient (Wildman–Crippen LogP) is 2.97. The van der Waals surface area contributed by atoms with E-state index in [0.29, 0.717) is 6.54 Å². The zero-order valence-corrected chi connectivity index (χ0v) is 12.6. The van der Waals surface area contributed by atoms with Crippen molar-refractivity contribution in [2.24, 2.45) is 5.41 Å². The zero-order valence-electron chi connectivity index (χ0n) is 12.6. The Labute approximate surface area is 116 Å². The van der Waals surface area contributed by atoms with Gasteiger partial charge in [-0.05, 0) is 31.9 Å². The number of benzene rings is 1. The first-order valence-electron chi connectivity index (χ1n) is 6.67. The van der Waals surface area contributed by atoms with Crippen LogP contribution in [0.15, 0.2) is 24.3 Å². The van der Waals surface area contributed by atoms with E-state index in [2.05, 4.69) is 38.2 Å². The number of aryl methyl sites for hydroxylation is 1. The molecule has 0 aromatic heterocycles. The molecule has 1 aromatic carbocycles. The molecule has 1 rings (SSSR count). The predicted molar refractivity (Wildman–Crippen MR) is 78.5 cm³/mol. The van der Waals surface area contributed by atoms with Crippen molar-refractivity contribution in [2.75, 3.05) is 13.1 Å². The van der Waals surface area contributed by atoms with Gasteiger partial charge in [0.05, 0.1) is 5.41 Å². The molecule has 0 fully saturated rings. The van der Waals surface area contributed by atoms with E-state index in [-0.39, 0.29) is 5.41 Å². The van der Waals surface area contributed by atoms with Crippen LogP contribution in [0.5, 0.6) is 0 Å². The summed E-state index contributed by atoms with van der Waals surface area (Å²) in [6.07, 6.45) is 0. The molecule has 106 valence electrons. The smallest absolute Gasteiger partial charge is 0.310 e. The maximum Gasteiger partial charge on any atom is 0.310 e. The monoisotopic (exact) mass is 263 g/mol.